The minimum absolute atomic E-state index is 0.0325. The molecule has 0 saturated carbocycles. The predicted molar refractivity (Wildman–Crippen MR) is 69.9 cm³/mol. The largest absolute Gasteiger partial charge is 0.409 e. The predicted octanol–water partition coefficient (Wildman–Crippen LogP) is 0.586. The molecule has 1 aromatic heterocycles. The molecule has 0 amide bonds. The Bertz CT molecular complexity index is 491. The zero-order chi connectivity index (χ0) is 13.2. The van der Waals surface area contributed by atoms with E-state index in [0.29, 0.717) is 23.9 Å². The number of hydrogen-bond donors (Lipinski definition) is 3. The molecule has 2 saturated heterocycles. The fraction of sp³-hybridized carbons (Fsp3) is 0.538. The number of pyridine rings is 1. The minimum atomic E-state index is 0.0325. The molecule has 0 spiro atoms. The van der Waals surface area contributed by atoms with E-state index in [2.05, 4.69) is 15.5 Å². The number of rotatable bonds is 4. The van der Waals surface area contributed by atoms with Crippen molar-refractivity contribution in [2.75, 3.05) is 0 Å². The molecule has 3 atom stereocenters. The number of fused-ring (bicyclic) bond motifs is 2. The van der Waals surface area contributed by atoms with Crippen LogP contribution in [0.1, 0.15) is 30.5 Å². The Kier molecular flexibility index (Phi) is 3.35. The Morgan fingerprint density at radius 2 is 2.47 bits per heavy atom. The van der Waals surface area contributed by atoms with Crippen molar-refractivity contribution >= 4 is 5.84 Å². The van der Waals surface area contributed by atoms with Gasteiger partial charge in [-0.1, -0.05) is 5.16 Å². The molecular formula is C13H18N4O2. The van der Waals surface area contributed by atoms with E-state index >= 15 is 0 Å². The Hall–Kier alpha value is -1.66. The van der Waals surface area contributed by atoms with E-state index in [-0.39, 0.29) is 5.84 Å². The maximum atomic E-state index is 8.64. The third-order valence-electron chi connectivity index (χ3n) is 3.87. The van der Waals surface area contributed by atoms with Gasteiger partial charge >= 0.3 is 0 Å². The van der Waals surface area contributed by atoms with Crippen molar-refractivity contribution in [2.45, 2.75) is 44.1 Å². The molecule has 0 aromatic carbocycles. The number of hydrogen-bond acceptors (Lipinski definition) is 5. The van der Waals surface area contributed by atoms with Gasteiger partial charge in [-0.05, 0) is 37.0 Å². The van der Waals surface area contributed by atoms with E-state index in [1.807, 2.05) is 12.1 Å². The molecule has 1 aromatic rings. The van der Waals surface area contributed by atoms with Gasteiger partial charge in [0.2, 0.25) is 0 Å². The molecule has 4 N–H and O–H groups in total. The fourth-order valence-electron chi connectivity index (χ4n) is 2.88. The average Bonchev–Trinajstić information content (AvgIpc) is 3.07. The molecule has 2 bridgehead atoms. The van der Waals surface area contributed by atoms with Crippen LogP contribution in [0, 0.1) is 0 Å². The van der Waals surface area contributed by atoms with E-state index in [1.165, 1.54) is 6.42 Å². The topological polar surface area (TPSA) is 92.8 Å². The number of nitrogens with two attached hydrogens (primary N) is 1. The summed E-state index contributed by atoms with van der Waals surface area (Å²) in [5, 5.41) is 15.1. The standard InChI is InChI=1S/C13H18N4O2/c14-13(17-18)11-5-8(3-4-15-11)7-16-10-6-9-1-2-12(10)19-9/h3-5,9-10,12,16,18H,1-2,6-7H2,(H2,14,17). The molecule has 19 heavy (non-hydrogen) atoms. The number of oxime groups is 1. The number of amidine groups is 1. The van der Waals surface area contributed by atoms with Crippen LogP contribution in [-0.2, 0) is 11.3 Å². The molecule has 6 heteroatoms. The highest BCUT2D eigenvalue weighted by atomic mass is 16.5. The first kappa shape index (κ1) is 12.4. The first-order valence-electron chi connectivity index (χ1n) is 6.58. The van der Waals surface area contributed by atoms with E-state index in [1.54, 1.807) is 6.20 Å². The van der Waals surface area contributed by atoms with E-state index in [4.69, 9.17) is 15.7 Å². The van der Waals surface area contributed by atoms with Gasteiger partial charge in [-0.3, -0.25) is 4.98 Å². The lowest BCUT2D eigenvalue weighted by molar-refractivity contribution is 0.0973. The SMILES string of the molecule is N/C(=N/O)c1cc(CNC2CC3CCC2O3)ccn1. The summed E-state index contributed by atoms with van der Waals surface area (Å²) in [6.07, 6.45) is 5.95. The first-order chi connectivity index (χ1) is 9.26. The highest BCUT2D eigenvalue weighted by molar-refractivity contribution is 5.95. The van der Waals surface area contributed by atoms with Crippen molar-refractivity contribution in [2.24, 2.45) is 10.9 Å². The van der Waals surface area contributed by atoms with Crippen LogP contribution in [0.4, 0.5) is 0 Å². The summed E-state index contributed by atoms with van der Waals surface area (Å²) in [4.78, 5) is 4.06. The molecule has 3 unspecified atom stereocenters. The molecule has 102 valence electrons. The van der Waals surface area contributed by atoms with Gasteiger partial charge in [0.25, 0.3) is 0 Å². The molecule has 2 fully saturated rings. The van der Waals surface area contributed by atoms with Crippen molar-refractivity contribution in [3.8, 4) is 0 Å². The van der Waals surface area contributed by atoms with Crippen LogP contribution in [0.3, 0.4) is 0 Å². The summed E-state index contributed by atoms with van der Waals surface area (Å²) in [5.74, 6) is 0.0325. The van der Waals surface area contributed by atoms with Crippen molar-refractivity contribution in [3.05, 3.63) is 29.6 Å². The third-order valence-corrected chi connectivity index (χ3v) is 3.87. The van der Waals surface area contributed by atoms with Crippen LogP contribution in [-0.4, -0.2) is 34.3 Å². The van der Waals surface area contributed by atoms with Gasteiger partial charge in [-0.15, -0.1) is 0 Å². The van der Waals surface area contributed by atoms with Crippen molar-refractivity contribution in [1.29, 1.82) is 0 Å². The summed E-state index contributed by atoms with van der Waals surface area (Å²) >= 11 is 0. The van der Waals surface area contributed by atoms with E-state index in [9.17, 15) is 0 Å². The van der Waals surface area contributed by atoms with Gasteiger partial charge in [0.05, 0.1) is 12.2 Å². The maximum absolute atomic E-state index is 8.64. The lowest BCUT2D eigenvalue weighted by atomic mass is 9.95. The van der Waals surface area contributed by atoms with Crippen LogP contribution in [0.15, 0.2) is 23.5 Å². The average molecular weight is 262 g/mol. The molecule has 2 aliphatic heterocycles. The summed E-state index contributed by atoms with van der Waals surface area (Å²) in [5.41, 5.74) is 7.09. The van der Waals surface area contributed by atoms with Crippen LogP contribution in [0.2, 0.25) is 0 Å². The summed E-state index contributed by atoms with van der Waals surface area (Å²) in [7, 11) is 0. The summed E-state index contributed by atoms with van der Waals surface area (Å²) < 4.78 is 5.81. The maximum Gasteiger partial charge on any atom is 0.188 e. The highest BCUT2D eigenvalue weighted by Gasteiger charge is 2.40. The Labute approximate surface area is 111 Å². The second-order valence-corrected chi connectivity index (χ2v) is 5.13. The molecular weight excluding hydrogens is 244 g/mol. The minimum Gasteiger partial charge on any atom is -0.409 e. The second kappa shape index (κ2) is 5.14. The van der Waals surface area contributed by atoms with Crippen LogP contribution in [0.5, 0.6) is 0 Å². The lowest BCUT2D eigenvalue weighted by Gasteiger charge is -2.20. The van der Waals surface area contributed by atoms with Crippen molar-refractivity contribution in [3.63, 3.8) is 0 Å². The zero-order valence-corrected chi connectivity index (χ0v) is 10.6. The Morgan fingerprint density at radius 3 is 3.16 bits per heavy atom. The van der Waals surface area contributed by atoms with Gasteiger partial charge in [0, 0.05) is 18.8 Å². The Morgan fingerprint density at radius 1 is 1.58 bits per heavy atom. The van der Waals surface area contributed by atoms with Gasteiger partial charge in [0.15, 0.2) is 5.84 Å². The molecule has 0 aliphatic carbocycles. The van der Waals surface area contributed by atoms with Gasteiger partial charge in [-0.2, -0.15) is 0 Å². The van der Waals surface area contributed by atoms with E-state index in [0.717, 1.165) is 24.9 Å². The smallest absolute Gasteiger partial charge is 0.188 e. The number of ether oxygens (including phenoxy) is 1. The second-order valence-electron chi connectivity index (χ2n) is 5.13. The Balaban J connectivity index is 1.61. The van der Waals surface area contributed by atoms with Crippen LogP contribution in [0.25, 0.3) is 0 Å². The zero-order valence-electron chi connectivity index (χ0n) is 10.6. The first-order valence-corrected chi connectivity index (χ1v) is 6.58. The number of nitrogens with zero attached hydrogens (tertiary/aromatic N) is 2. The molecule has 0 radical (unpaired) electrons. The highest BCUT2D eigenvalue weighted by Crippen LogP contribution is 2.34. The van der Waals surface area contributed by atoms with Crippen molar-refractivity contribution in [1.82, 2.24) is 10.3 Å². The molecule has 3 heterocycles. The monoisotopic (exact) mass is 262 g/mol. The summed E-state index contributed by atoms with van der Waals surface area (Å²) in [6.45, 7) is 0.742. The van der Waals surface area contributed by atoms with E-state index < -0.39 is 0 Å². The van der Waals surface area contributed by atoms with Crippen LogP contribution >= 0.6 is 0 Å². The van der Waals surface area contributed by atoms with Crippen LogP contribution < -0.4 is 11.1 Å². The normalized spacial score (nSPS) is 29.9. The fourth-order valence-corrected chi connectivity index (χ4v) is 2.88. The molecule has 2 aliphatic rings. The van der Waals surface area contributed by atoms with Crippen molar-refractivity contribution < 1.29 is 9.94 Å². The lowest BCUT2D eigenvalue weighted by Crippen LogP contribution is -2.37. The molecule has 3 rings (SSSR count). The third kappa shape index (κ3) is 2.54. The number of nitrogens with one attached hydrogen (secondary N) is 1. The van der Waals surface area contributed by atoms with Gasteiger partial charge in [0.1, 0.15) is 5.69 Å². The molecule has 6 nitrogen and oxygen atoms in total. The quantitative estimate of drug-likeness (QED) is 0.319. The van der Waals surface area contributed by atoms with Gasteiger partial charge < -0.3 is 21.0 Å². The van der Waals surface area contributed by atoms with Gasteiger partial charge in [-0.25, -0.2) is 0 Å². The number of aromatic nitrogens is 1. The summed E-state index contributed by atoms with van der Waals surface area (Å²) in [6, 6.07) is 4.20.